The largest absolute Gasteiger partial charge is 0.393 e. The van der Waals surface area contributed by atoms with E-state index in [4.69, 9.17) is 9.72 Å². The number of ether oxygens (including phenoxy) is 1. The number of pyridine rings is 3. The van der Waals surface area contributed by atoms with Gasteiger partial charge in [-0.05, 0) is 156 Å². The highest BCUT2D eigenvalue weighted by Crippen LogP contribution is 2.35. The first-order valence-corrected chi connectivity index (χ1v) is 32.6. The van der Waals surface area contributed by atoms with Crippen molar-refractivity contribution in [1.29, 1.82) is 0 Å². The molecule has 3 aliphatic carbocycles. The summed E-state index contributed by atoms with van der Waals surface area (Å²) in [5, 5.41) is 26.1. The van der Waals surface area contributed by atoms with Crippen LogP contribution >= 0.6 is 0 Å². The number of ketones is 1. The van der Waals surface area contributed by atoms with E-state index in [0.29, 0.717) is 24.3 Å². The van der Waals surface area contributed by atoms with E-state index in [9.17, 15) is 9.90 Å². The quantitative estimate of drug-likeness (QED) is 0.0661. The number of aromatic amines is 2. The molecule has 79 heavy (non-hydrogen) atoms. The number of aromatic nitrogens is 12. The Hall–Kier alpha value is -6.53. The zero-order valence-electron chi connectivity index (χ0n) is 48.0. The van der Waals surface area contributed by atoms with Gasteiger partial charge in [0.2, 0.25) is 0 Å². The van der Waals surface area contributed by atoms with Crippen molar-refractivity contribution in [3.63, 3.8) is 0 Å². The van der Waals surface area contributed by atoms with Crippen LogP contribution in [0.5, 0.6) is 0 Å². The molecule has 0 amide bonds. The Morgan fingerprint density at radius 3 is 1.52 bits per heavy atom. The summed E-state index contributed by atoms with van der Waals surface area (Å²) in [7, 11) is 9.12. The molecule has 17 heteroatoms. The third-order valence-corrected chi connectivity index (χ3v) is 18.5. The molecule has 0 bridgehead atoms. The predicted octanol–water partition coefficient (Wildman–Crippen LogP) is 11.7. The minimum absolute atomic E-state index is 0.0892. The normalized spacial score (nSPS) is 19.3. The van der Waals surface area contributed by atoms with Gasteiger partial charge in [0.05, 0.1) is 24.7 Å². The molecule has 0 aromatic carbocycles. The Balaban J connectivity index is 0.000000135. The van der Waals surface area contributed by atoms with Crippen LogP contribution in [0.15, 0.2) is 92.6 Å². The van der Waals surface area contributed by atoms with Gasteiger partial charge in [0.25, 0.3) is 0 Å². The van der Waals surface area contributed by atoms with E-state index >= 15 is 0 Å². The number of nitrogens with one attached hydrogen (secondary N) is 2. The average Bonchev–Trinajstić information content (AvgIpc) is 4.43. The smallest absolute Gasteiger partial charge is 0.142 e. The molecule has 9 heterocycles. The van der Waals surface area contributed by atoms with Crippen molar-refractivity contribution in [3.05, 3.63) is 109 Å². The second kappa shape index (κ2) is 24.9. The van der Waals surface area contributed by atoms with Gasteiger partial charge in [-0.1, -0.05) is 19.6 Å². The highest BCUT2D eigenvalue weighted by atomic mass is 28.3. The predicted molar refractivity (Wildman–Crippen MR) is 318 cm³/mol. The molecule has 0 spiro atoms. The number of aliphatic hydroxyl groups excluding tert-OH is 1. The van der Waals surface area contributed by atoms with Gasteiger partial charge in [-0.3, -0.25) is 18.8 Å². The lowest BCUT2D eigenvalue weighted by molar-refractivity contribution is -0.121. The van der Waals surface area contributed by atoms with Crippen molar-refractivity contribution < 1.29 is 14.6 Å². The van der Waals surface area contributed by atoms with E-state index in [0.717, 1.165) is 151 Å². The van der Waals surface area contributed by atoms with Gasteiger partial charge >= 0.3 is 0 Å². The number of aryl methyl sites for hydroxylation is 3. The molecular formula is C62H83N13O3Si. The number of H-pyrrole nitrogens is 2. The minimum atomic E-state index is -1.11. The Bertz CT molecular complexity index is 3440. The summed E-state index contributed by atoms with van der Waals surface area (Å²) in [6, 6.07) is 8.77. The maximum atomic E-state index is 11.6. The molecule has 3 N–H and O–H groups in total. The lowest BCUT2D eigenvalue weighted by Crippen LogP contribution is -2.32. The molecule has 3 fully saturated rings. The van der Waals surface area contributed by atoms with Gasteiger partial charge in [-0.25, -0.2) is 15.0 Å². The number of carbonyl (C=O) groups excluding carboxylic acids is 1. The molecule has 12 rings (SSSR count). The summed E-state index contributed by atoms with van der Waals surface area (Å²) in [5.74, 6) is 2.44. The molecule has 9 aromatic rings. The van der Waals surface area contributed by atoms with Crippen molar-refractivity contribution in [3.8, 4) is 33.4 Å². The topological polar surface area (TPSA) is 178 Å². The van der Waals surface area contributed by atoms with Crippen molar-refractivity contribution in [1.82, 2.24) is 63.7 Å². The van der Waals surface area contributed by atoms with Gasteiger partial charge in [0.1, 0.15) is 29.5 Å². The Morgan fingerprint density at radius 1 is 0.595 bits per heavy atom. The fourth-order valence-corrected chi connectivity index (χ4v) is 12.8. The van der Waals surface area contributed by atoms with E-state index < -0.39 is 8.07 Å². The summed E-state index contributed by atoms with van der Waals surface area (Å²) in [6.45, 7) is 8.40. The number of hydrogen-bond donors (Lipinski definition) is 3. The van der Waals surface area contributed by atoms with Gasteiger partial charge < -0.3 is 29.3 Å². The number of hydrogen-bond acceptors (Lipinski definition) is 10. The molecule has 3 saturated carbocycles. The van der Waals surface area contributed by atoms with Crippen LogP contribution in [-0.2, 0) is 56.7 Å². The van der Waals surface area contributed by atoms with Crippen LogP contribution in [-0.4, -0.2) is 116 Å². The summed E-state index contributed by atoms with van der Waals surface area (Å²) < 4.78 is 13.6. The molecule has 0 unspecified atom stereocenters. The van der Waals surface area contributed by atoms with Crippen LogP contribution in [0.25, 0.3) is 66.5 Å². The summed E-state index contributed by atoms with van der Waals surface area (Å²) in [6.07, 6.45) is 40.0. The number of fused-ring (bicyclic) bond motifs is 3. The third kappa shape index (κ3) is 14.3. The van der Waals surface area contributed by atoms with Crippen LogP contribution < -0.4 is 0 Å². The fraction of sp³-hybridized carbons (Fsp3) is 0.500. The molecule has 418 valence electrons. The summed E-state index contributed by atoms with van der Waals surface area (Å²) in [5.41, 5.74) is 13.5. The summed E-state index contributed by atoms with van der Waals surface area (Å²) >= 11 is 0. The maximum Gasteiger partial charge on any atom is 0.142 e. The average molecular weight is 1090 g/mol. The van der Waals surface area contributed by atoms with Crippen molar-refractivity contribution in [2.75, 3.05) is 20.7 Å². The molecule has 0 saturated heterocycles. The molecule has 0 aliphatic heterocycles. The Kier molecular flexibility index (Phi) is 17.6. The lowest BCUT2D eigenvalue weighted by Gasteiger charge is -2.32. The Morgan fingerprint density at radius 2 is 1.05 bits per heavy atom. The lowest BCUT2D eigenvalue weighted by atomic mass is 9.82. The van der Waals surface area contributed by atoms with Gasteiger partial charge in [-0.2, -0.15) is 15.3 Å². The number of Topliss-reactive ketones (excluding diaryl/α,β-unsaturated/α-hetero) is 1. The van der Waals surface area contributed by atoms with Crippen LogP contribution in [0.3, 0.4) is 0 Å². The standard InChI is InChI=1S/C24H34N4O2Si.C20H27N5.C18H22N4O/c1-27-15-20(14-26-27)23-16-28(17-30-9-10-31(2,3)4)24-22(23)12-19(13-25-24)11-18-5-7-21(29)8-6-18;1-24(2)17-6-4-14(5-7-17)8-15-9-18-19(12-22-20(18)21-10-15)16-11-23-25(3)13-16;1-22-11-14(9-21-22)17-10-20-18-16(17)7-13(8-19-18)6-12-2-4-15(23)5-3-12/h12-16,18H,5-11,17H2,1-4H3;9-14,17H,4-8H2,1-3H3,(H,21,22);7-12,15,23H,2-6H2,1H3,(H,19,20). The highest BCUT2D eigenvalue weighted by Gasteiger charge is 2.25. The number of carbonyl (C=O) groups is 1. The molecule has 9 aromatic heterocycles. The second-order valence-corrected chi connectivity index (χ2v) is 30.2. The first-order chi connectivity index (χ1) is 38.1. The molecule has 16 nitrogen and oxygen atoms in total. The van der Waals surface area contributed by atoms with Crippen molar-refractivity contribution in [2.45, 2.75) is 141 Å². The van der Waals surface area contributed by atoms with Crippen molar-refractivity contribution >= 4 is 47.0 Å². The number of nitrogens with zero attached hydrogens (tertiary/aromatic N) is 11. The van der Waals surface area contributed by atoms with E-state index in [1.807, 2.05) is 97.2 Å². The van der Waals surface area contributed by atoms with Crippen LogP contribution in [0.4, 0.5) is 0 Å². The van der Waals surface area contributed by atoms with Crippen LogP contribution in [0, 0.1) is 17.8 Å². The SMILES string of the molecule is CN(C)C1CCC(Cc2cnc3[nH]cc(-c4cnn(C)c4)c3c2)CC1.Cn1cc(-c2c[nH]c3ncc(CC4CCC(O)CC4)cc23)cn1.Cn1cc(-c2cn(COCC[Si](C)(C)C)c3ncc(CC4CCC(=O)CC4)cc23)cn1. The highest BCUT2D eigenvalue weighted by molar-refractivity contribution is 6.76. The van der Waals surface area contributed by atoms with Crippen LogP contribution in [0.1, 0.15) is 93.7 Å². The maximum absolute atomic E-state index is 11.6. The van der Waals surface area contributed by atoms with E-state index in [1.54, 1.807) is 0 Å². The molecule has 0 radical (unpaired) electrons. The molecule has 0 atom stereocenters. The van der Waals surface area contributed by atoms with Gasteiger partial charge in [-0.15, -0.1) is 0 Å². The molecule has 3 aliphatic rings. The van der Waals surface area contributed by atoms with E-state index in [-0.39, 0.29) is 6.10 Å². The molecular weight excluding hydrogens is 1000 g/mol. The van der Waals surface area contributed by atoms with Crippen molar-refractivity contribution in [2.24, 2.45) is 38.9 Å². The van der Waals surface area contributed by atoms with Gasteiger partial charge in [0, 0.05) is 160 Å². The Labute approximate surface area is 466 Å². The minimum Gasteiger partial charge on any atom is -0.393 e. The van der Waals surface area contributed by atoms with Gasteiger partial charge in [0.15, 0.2) is 0 Å². The summed E-state index contributed by atoms with van der Waals surface area (Å²) in [4.78, 5) is 34.6. The van der Waals surface area contributed by atoms with E-state index in [2.05, 4.69) is 109 Å². The van der Waals surface area contributed by atoms with E-state index in [1.165, 1.54) is 53.3 Å². The first kappa shape index (κ1) is 55.8. The monoisotopic (exact) mass is 1090 g/mol. The second-order valence-electron chi connectivity index (χ2n) is 24.6. The van der Waals surface area contributed by atoms with Crippen LogP contribution in [0.2, 0.25) is 25.7 Å². The third-order valence-electron chi connectivity index (χ3n) is 16.8. The zero-order valence-corrected chi connectivity index (χ0v) is 49.0. The first-order valence-electron chi connectivity index (χ1n) is 28.9. The number of aliphatic hydroxyl groups is 1. The number of rotatable bonds is 15. The zero-order chi connectivity index (χ0) is 55.2. The fourth-order valence-electron chi connectivity index (χ4n) is 12.1.